The molecular weight excluding hydrogens is 372 g/mol. The molecule has 7 nitrogen and oxygen atoms in total. The largest absolute Gasteiger partial charge is 0.328 e. The van der Waals surface area contributed by atoms with E-state index in [9.17, 15) is 4.79 Å². The van der Waals surface area contributed by atoms with Gasteiger partial charge in [0.1, 0.15) is 0 Å². The van der Waals surface area contributed by atoms with Crippen molar-refractivity contribution in [3.8, 4) is 0 Å². The van der Waals surface area contributed by atoms with Gasteiger partial charge in [-0.25, -0.2) is 4.79 Å². The van der Waals surface area contributed by atoms with Gasteiger partial charge in [-0.05, 0) is 42.7 Å². The van der Waals surface area contributed by atoms with Crippen molar-refractivity contribution in [1.29, 1.82) is 0 Å². The fraction of sp³-hybridized carbons (Fsp3) is 0.200. The summed E-state index contributed by atoms with van der Waals surface area (Å²) in [7, 11) is 0. The van der Waals surface area contributed by atoms with Crippen LogP contribution in [0.3, 0.4) is 0 Å². The predicted octanol–water partition coefficient (Wildman–Crippen LogP) is 3.89. The highest BCUT2D eigenvalue weighted by Gasteiger charge is 2.20. The van der Waals surface area contributed by atoms with Crippen molar-refractivity contribution in [3.05, 3.63) is 66.7 Å². The molecule has 0 bridgehead atoms. The third-order valence-electron chi connectivity index (χ3n) is 4.45. The Bertz CT molecular complexity index is 1110. The lowest BCUT2D eigenvalue weighted by Crippen LogP contribution is -2.34. The zero-order chi connectivity index (χ0) is 19.3. The van der Waals surface area contributed by atoms with Crippen LogP contribution < -0.4 is 10.6 Å². The van der Waals surface area contributed by atoms with E-state index in [0.717, 1.165) is 34.5 Å². The Morgan fingerprint density at radius 1 is 1.14 bits per heavy atom. The zero-order valence-corrected chi connectivity index (χ0v) is 16.2. The first kappa shape index (κ1) is 18.2. The molecule has 0 aliphatic carbocycles. The number of carbonyl (C=O) groups is 1. The molecule has 1 aromatic carbocycles. The summed E-state index contributed by atoms with van der Waals surface area (Å²) in [5, 5.41) is 15.5. The second kappa shape index (κ2) is 8.26. The topological polar surface area (TPSA) is 84.2 Å². The van der Waals surface area contributed by atoms with Gasteiger partial charge in [0.25, 0.3) is 0 Å². The van der Waals surface area contributed by atoms with E-state index in [1.165, 1.54) is 0 Å². The first-order chi connectivity index (χ1) is 13.8. The normalized spacial score (nSPS) is 12.2. The molecular formula is C20H20N6OS. The van der Waals surface area contributed by atoms with E-state index in [0.29, 0.717) is 5.69 Å². The van der Waals surface area contributed by atoms with E-state index in [2.05, 4.69) is 25.8 Å². The Hall–Kier alpha value is -3.13. The number of fused-ring (bicyclic) bond motifs is 2. The van der Waals surface area contributed by atoms with Gasteiger partial charge in [-0.2, -0.15) is 11.8 Å². The highest BCUT2D eigenvalue weighted by Crippen LogP contribution is 2.22. The molecule has 4 rings (SSSR count). The van der Waals surface area contributed by atoms with Gasteiger partial charge in [0, 0.05) is 17.8 Å². The number of aromatic nitrogens is 4. The van der Waals surface area contributed by atoms with Gasteiger partial charge in [-0.3, -0.25) is 9.38 Å². The Morgan fingerprint density at radius 2 is 2.04 bits per heavy atom. The van der Waals surface area contributed by atoms with Crippen molar-refractivity contribution in [2.45, 2.75) is 12.5 Å². The molecule has 0 fully saturated rings. The number of para-hydroxylation sites is 1. The molecule has 0 radical (unpaired) electrons. The second-order valence-electron chi connectivity index (χ2n) is 6.30. The Kier molecular flexibility index (Phi) is 5.38. The number of nitrogens with zero attached hydrogens (tertiary/aromatic N) is 4. The molecule has 2 N–H and O–H groups in total. The number of hydrogen-bond acceptors (Lipinski definition) is 5. The number of benzene rings is 1. The predicted molar refractivity (Wildman–Crippen MR) is 113 cm³/mol. The summed E-state index contributed by atoms with van der Waals surface area (Å²) in [5.74, 6) is 1.61. The van der Waals surface area contributed by atoms with Crippen LogP contribution in [-0.2, 0) is 0 Å². The second-order valence-corrected chi connectivity index (χ2v) is 7.29. The van der Waals surface area contributed by atoms with E-state index in [1.807, 2.05) is 65.4 Å². The number of rotatable bonds is 6. The number of thioether (sulfide) groups is 1. The quantitative estimate of drug-likeness (QED) is 0.520. The number of urea groups is 1. The summed E-state index contributed by atoms with van der Waals surface area (Å²) in [6, 6.07) is 14.7. The summed E-state index contributed by atoms with van der Waals surface area (Å²) in [5.41, 5.74) is 2.19. The van der Waals surface area contributed by atoms with Crippen molar-refractivity contribution >= 4 is 40.0 Å². The van der Waals surface area contributed by atoms with Crippen molar-refractivity contribution in [2.75, 3.05) is 17.3 Å². The molecule has 8 heteroatoms. The highest BCUT2D eigenvalue weighted by atomic mass is 32.2. The van der Waals surface area contributed by atoms with Gasteiger partial charge in [-0.15, -0.1) is 10.2 Å². The molecule has 1 unspecified atom stereocenters. The van der Waals surface area contributed by atoms with Crippen LogP contribution in [0, 0.1) is 0 Å². The average Bonchev–Trinajstić information content (AvgIpc) is 3.15. The van der Waals surface area contributed by atoms with Crippen LogP contribution in [0.4, 0.5) is 10.5 Å². The molecule has 1 atom stereocenters. The van der Waals surface area contributed by atoms with Crippen LogP contribution in [0.1, 0.15) is 18.3 Å². The maximum atomic E-state index is 12.7. The van der Waals surface area contributed by atoms with Gasteiger partial charge >= 0.3 is 6.03 Å². The van der Waals surface area contributed by atoms with E-state index in [1.54, 1.807) is 18.0 Å². The zero-order valence-electron chi connectivity index (χ0n) is 15.4. The summed E-state index contributed by atoms with van der Waals surface area (Å²) >= 11 is 1.73. The lowest BCUT2D eigenvalue weighted by atomic mass is 10.2. The Morgan fingerprint density at radius 3 is 2.93 bits per heavy atom. The molecule has 4 aromatic rings. The Balaban J connectivity index is 1.57. The molecule has 0 aliphatic rings. The molecule has 0 saturated carbocycles. The molecule has 3 aromatic heterocycles. The summed E-state index contributed by atoms with van der Waals surface area (Å²) < 4.78 is 1.91. The third-order valence-corrected chi connectivity index (χ3v) is 5.09. The summed E-state index contributed by atoms with van der Waals surface area (Å²) in [4.78, 5) is 17.1. The van der Waals surface area contributed by atoms with Crippen LogP contribution >= 0.6 is 11.8 Å². The van der Waals surface area contributed by atoms with Crippen molar-refractivity contribution in [2.24, 2.45) is 0 Å². The standard InChI is InChI=1S/C20H20N6OS/c1-28-13-10-16(19-25-24-17-9-2-3-12-26(17)19)23-20(27)22-15-8-4-6-14-7-5-11-21-18(14)15/h2-9,11-12,16H,10,13H2,1H3,(H2,22,23,27). The van der Waals surface area contributed by atoms with E-state index >= 15 is 0 Å². The van der Waals surface area contributed by atoms with Crippen LogP contribution in [0.5, 0.6) is 0 Å². The minimum Gasteiger partial charge on any atom is -0.328 e. The van der Waals surface area contributed by atoms with Crippen LogP contribution in [0.2, 0.25) is 0 Å². The number of hydrogen-bond donors (Lipinski definition) is 2. The maximum Gasteiger partial charge on any atom is 0.319 e. The highest BCUT2D eigenvalue weighted by molar-refractivity contribution is 7.98. The first-order valence-corrected chi connectivity index (χ1v) is 10.4. The van der Waals surface area contributed by atoms with Crippen molar-refractivity contribution < 1.29 is 4.79 Å². The monoisotopic (exact) mass is 392 g/mol. The summed E-state index contributed by atoms with van der Waals surface area (Å²) in [6.07, 6.45) is 6.42. The Labute approximate surface area is 166 Å². The van der Waals surface area contributed by atoms with Gasteiger partial charge in [0.05, 0.1) is 17.2 Å². The third kappa shape index (κ3) is 3.77. The maximum absolute atomic E-state index is 12.7. The first-order valence-electron chi connectivity index (χ1n) is 8.96. The van der Waals surface area contributed by atoms with Gasteiger partial charge in [0.15, 0.2) is 11.5 Å². The van der Waals surface area contributed by atoms with E-state index in [4.69, 9.17) is 0 Å². The minimum absolute atomic E-state index is 0.257. The van der Waals surface area contributed by atoms with E-state index in [-0.39, 0.29) is 12.1 Å². The molecule has 2 amide bonds. The fourth-order valence-corrected chi connectivity index (χ4v) is 3.59. The van der Waals surface area contributed by atoms with Crippen molar-refractivity contribution in [3.63, 3.8) is 0 Å². The minimum atomic E-state index is -0.295. The fourth-order valence-electron chi connectivity index (χ4n) is 3.12. The summed E-state index contributed by atoms with van der Waals surface area (Å²) in [6.45, 7) is 0. The SMILES string of the molecule is CSCCC(NC(=O)Nc1cccc2cccnc12)c1nnc2ccccn12. The number of nitrogens with one attached hydrogen (secondary N) is 2. The average molecular weight is 392 g/mol. The smallest absolute Gasteiger partial charge is 0.319 e. The lowest BCUT2D eigenvalue weighted by Gasteiger charge is -2.18. The number of amides is 2. The number of carbonyl (C=O) groups excluding carboxylic acids is 1. The van der Waals surface area contributed by atoms with E-state index < -0.39 is 0 Å². The molecule has 0 aliphatic heterocycles. The lowest BCUT2D eigenvalue weighted by molar-refractivity contribution is 0.247. The number of pyridine rings is 2. The van der Waals surface area contributed by atoms with Crippen LogP contribution in [0.25, 0.3) is 16.6 Å². The van der Waals surface area contributed by atoms with Gasteiger partial charge < -0.3 is 10.6 Å². The van der Waals surface area contributed by atoms with Crippen molar-refractivity contribution in [1.82, 2.24) is 24.9 Å². The molecule has 3 heterocycles. The molecule has 28 heavy (non-hydrogen) atoms. The number of anilines is 1. The van der Waals surface area contributed by atoms with Gasteiger partial charge in [-0.1, -0.05) is 24.3 Å². The van der Waals surface area contributed by atoms with Crippen LogP contribution in [0.15, 0.2) is 60.9 Å². The van der Waals surface area contributed by atoms with Gasteiger partial charge in [0.2, 0.25) is 0 Å². The van der Waals surface area contributed by atoms with Crippen LogP contribution in [-0.4, -0.2) is 37.6 Å². The molecule has 0 saturated heterocycles. The molecule has 0 spiro atoms. The molecule has 142 valence electrons.